The van der Waals surface area contributed by atoms with Gasteiger partial charge in [0.1, 0.15) is 5.57 Å². The quantitative estimate of drug-likeness (QED) is 0.113. The molecule has 3 aromatic rings. The molecule has 1 aliphatic rings. The number of thioether (sulfide) groups is 1. The Balaban J connectivity index is 1.85. The molecule has 1 N–H and O–H groups in total. The van der Waals surface area contributed by atoms with E-state index in [9.17, 15) is 19.7 Å². The van der Waals surface area contributed by atoms with Crippen LogP contribution < -0.4 is 9.80 Å². The summed E-state index contributed by atoms with van der Waals surface area (Å²) < 4.78 is 0. The van der Waals surface area contributed by atoms with Crippen LogP contribution in [0.2, 0.25) is 0 Å². The van der Waals surface area contributed by atoms with Gasteiger partial charge in [-0.25, -0.2) is 0 Å². The molecule has 188 valence electrons. The topological polar surface area (TPSA) is 104 Å². The summed E-state index contributed by atoms with van der Waals surface area (Å²) in [5.41, 5.74) is 2.96. The van der Waals surface area contributed by atoms with Gasteiger partial charge in [0.2, 0.25) is 0 Å². The van der Waals surface area contributed by atoms with Crippen LogP contribution in [0.15, 0.2) is 77.2 Å². The average Bonchev–Trinajstić information content (AvgIpc) is 2.88. The highest BCUT2D eigenvalue weighted by molar-refractivity contribution is 7.99. The fourth-order valence-corrected chi connectivity index (χ4v) is 4.97. The molecule has 0 aliphatic carbocycles. The number of aryl methyl sites for hydroxylation is 2. The van der Waals surface area contributed by atoms with Crippen LogP contribution in [0.5, 0.6) is 0 Å². The van der Waals surface area contributed by atoms with Crippen molar-refractivity contribution in [3.05, 3.63) is 99.1 Å². The predicted molar refractivity (Wildman–Crippen MR) is 149 cm³/mol. The molecule has 8 nitrogen and oxygen atoms in total. The number of nitrogens with zero attached hydrogens (tertiary/aromatic N) is 3. The second-order valence-electron chi connectivity index (χ2n) is 8.28. The lowest BCUT2D eigenvalue weighted by Crippen LogP contribution is -2.57. The third kappa shape index (κ3) is 5.31. The van der Waals surface area contributed by atoms with Gasteiger partial charge in [-0.1, -0.05) is 30.3 Å². The summed E-state index contributed by atoms with van der Waals surface area (Å²) in [5, 5.41) is 20.8. The lowest BCUT2D eigenvalue weighted by Gasteiger charge is -2.36. The molecule has 0 aromatic heterocycles. The molecule has 0 spiro atoms. The molecule has 37 heavy (non-hydrogen) atoms. The third-order valence-electron chi connectivity index (χ3n) is 5.85. The molecule has 3 aromatic carbocycles. The number of nitro benzene ring substituents is 1. The zero-order valence-electron chi connectivity index (χ0n) is 20.1. The molecular formula is C27H23N3O5S2. The van der Waals surface area contributed by atoms with E-state index in [0.717, 1.165) is 22.9 Å². The Labute approximate surface area is 223 Å². The predicted octanol–water partition coefficient (Wildman–Crippen LogP) is 5.04. The van der Waals surface area contributed by atoms with Crippen molar-refractivity contribution in [3.63, 3.8) is 0 Å². The molecule has 2 amide bonds. The minimum Gasteiger partial charge on any atom is -0.396 e. The summed E-state index contributed by atoms with van der Waals surface area (Å²) in [7, 11) is 0. The molecule has 0 bridgehead atoms. The van der Waals surface area contributed by atoms with E-state index >= 15 is 0 Å². The molecule has 0 unspecified atom stereocenters. The zero-order chi connectivity index (χ0) is 26.7. The number of carbonyl (C=O) groups is 2. The monoisotopic (exact) mass is 533 g/mol. The van der Waals surface area contributed by atoms with Gasteiger partial charge in [0.05, 0.1) is 27.8 Å². The normalized spacial score (nSPS) is 15.0. The van der Waals surface area contributed by atoms with Crippen LogP contribution in [0.25, 0.3) is 6.08 Å². The first-order valence-corrected chi connectivity index (χ1v) is 12.7. The van der Waals surface area contributed by atoms with Crippen LogP contribution in [-0.2, 0) is 9.59 Å². The van der Waals surface area contributed by atoms with Crippen LogP contribution in [-0.4, -0.2) is 39.3 Å². The van der Waals surface area contributed by atoms with Gasteiger partial charge in [0.25, 0.3) is 17.5 Å². The lowest BCUT2D eigenvalue weighted by atomic mass is 10.0. The number of hydrogen-bond acceptors (Lipinski definition) is 7. The van der Waals surface area contributed by atoms with Crippen molar-refractivity contribution in [2.24, 2.45) is 0 Å². The van der Waals surface area contributed by atoms with Crippen LogP contribution in [0.4, 0.5) is 17.1 Å². The molecule has 1 fully saturated rings. The maximum atomic E-state index is 13.7. The Hall–Kier alpha value is -3.86. The lowest BCUT2D eigenvalue weighted by molar-refractivity contribution is -0.387. The number of para-hydroxylation sites is 1. The summed E-state index contributed by atoms with van der Waals surface area (Å²) in [6, 6.07) is 18.7. The smallest absolute Gasteiger partial charge is 0.283 e. The van der Waals surface area contributed by atoms with Crippen LogP contribution in [0.3, 0.4) is 0 Å². The number of hydrogen-bond donors (Lipinski definition) is 1. The number of nitro groups is 1. The molecule has 0 atom stereocenters. The fourth-order valence-electron chi connectivity index (χ4n) is 3.84. The number of thiocarbonyl (C=S) groups is 1. The van der Waals surface area contributed by atoms with E-state index in [1.807, 2.05) is 26.0 Å². The SMILES string of the molecule is Cc1ccc(N2C(=O)C(=Cc3ccc(SCCO)c([N+](=O)[O-])c3)C(=O)N(c3ccccc3)C2=S)cc1C. The number of aliphatic hydroxyl groups excluding tert-OH is 1. The number of anilines is 2. The van der Waals surface area contributed by atoms with Crippen LogP contribution >= 0.6 is 24.0 Å². The second kappa shape index (κ2) is 11.0. The Morgan fingerprint density at radius 1 is 0.946 bits per heavy atom. The van der Waals surface area contributed by atoms with Gasteiger partial charge in [-0.15, -0.1) is 11.8 Å². The summed E-state index contributed by atoms with van der Waals surface area (Å²) in [6.45, 7) is 3.75. The minimum atomic E-state index is -0.623. The van der Waals surface area contributed by atoms with Gasteiger partial charge in [-0.05, 0) is 79.2 Å². The van der Waals surface area contributed by atoms with Crippen molar-refractivity contribution in [2.75, 3.05) is 22.2 Å². The maximum absolute atomic E-state index is 13.7. The first-order chi connectivity index (χ1) is 17.7. The minimum absolute atomic E-state index is 0.0170. The van der Waals surface area contributed by atoms with E-state index in [4.69, 9.17) is 17.3 Å². The average molecular weight is 534 g/mol. The van der Waals surface area contributed by atoms with Crippen LogP contribution in [0, 0.1) is 24.0 Å². The van der Waals surface area contributed by atoms with Crippen molar-refractivity contribution in [1.82, 2.24) is 0 Å². The molecule has 1 aliphatic heterocycles. The zero-order valence-corrected chi connectivity index (χ0v) is 21.7. The number of benzene rings is 3. The highest BCUT2D eigenvalue weighted by atomic mass is 32.2. The number of carbonyl (C=O) groups excluding carboxylic acids is 2. The molecule has 1 heterocycles. The first kappa shape index (κ1) is 26.2. The maximum Gasteiger partial charge on any atom is 0.283 e. The van der Waals surface area contributed by atoms with E-state index in [-0.39, 0.29) is 23.0 Å². The van der Waals surface area contributed by atoms with E-state index in [2.05, 4.69) is 0 Å². The van der Waals surface area contributed by atoms with E-state index in [0.29, 0.717) is 27.6 Å². The van der Waals surface area contributed by atoms with Gasteiger partial charge in [-0.2, -0.15) is 0 Å². The Morgan fingerprint density at radius 3 is 2.24 bits per heavy atom. The van der Waals surface area contributed by atoms with Gasteiger partial charge in [0, 0.05) is 11.8 Å². The van der Waals surface area contributed by atoms with Gasteiger partial charge in [-0.3, -0.25) is 29.5 Å². The first-order valence-electron chi connectivity index (χ1n) is 11.3. The number of aliphatic hydroxyl groups is 1. The Kier molecular flexibility index (Phi) is 7.82. The Morgan fingerprint density at radius 2 is 1.62 bits per heavy atom. The van der Waals surface area contributed by atoms with Crippen molar-refractivity contribution in [1.29, 1.82) is 0 Å². The summed E-state index contributed by atoms with van der Waals surface area (Å²) in [4.78, 5) is 41.5. The summed E-state index contributed by atoms with van der Waals surface area (Å²) >= 11 is 6.79. The highest BCUT2D eigenvalue weighted by Crippen LogP contribution is 2.33. The number of amides is 2. The third-order valence-corrected chi connectivity index (χ3v) is 7.26. The van der Waals surface area contributed by atoms with Crippen LogP contribution in [0.1, 0.15) is 16.7 Å². The number of rotatable bonds is 7. The molecule has 0 saturated carbocycles. The molecule has 10 heteroatoms. The van der Waals surface area contributed by atoms with Gasteiger partial charge < -0.3 is 5.11 Å². The summed E-state index contributed by atoms with van der Waals surface area (Å²) in [5.74, 6) is -0.943. The van der Waals surface area contributed by atoms with Crippen molar-refractivity contribution in [3.8, 4) is 0 Å². The largest absolute Gasteiger partial charge is 0.396 e. The van der Waals surface area contributed by atoms with E-state index in [1.54, 1.807) is 48.5 Å². The van der Waals surface area contributed by atoms with Gasteiger partial charge >= 0.3 is 0 Å². The standard InChI is InChI=1S/C27H23N3O5S2/c1-17-8-10-21(14-18(17)2)29-26(33)22(25(32)28(27(29)36)20-6-4-3-5-7-20)15-19-9-11-24(37-13-12-31)23(16-19)30(34)35/h3-11,14-16,31H,12-13H2,1-2H3. The van der Waals surface area contributed by atoms with E-state index in [1.165, 1.54) is 21.9 Å². The molecular weight excluding hydrogens is 510 g/mol. The van der Waals surface area contributed by atoms with Crippen molar-refractivity contribution in [2.45, 2.75) is 18.7 Å². The highest BCUT2D eigenvalue weighted by Gasteiger charge is 2.41. The Bertz CT molecular complexity index is 1440. The van der Waals surface area contributed by atoms with Gasteiger partial charge in [0.15, 0.2) is 5.11 Å². The molecule has 1 saturated heterocycles. The molecule has 0 radical (unpaired) electrons. The van der Waals surface area contributed by atoms with Crippen molar-refractivity contribution >= 4 is 64.0 Å². The van der Waals surface area contributed by atoms with E-state index < -0.39 is 16.7 Å². The summed E-state index contributed by atoms with van der Waals surface area (Å²) in [6.07, 6.45) is 1.35. The van der Waals surface area contributed by atoms with Crippen molar-refractivity contribution < 1.29 is 19.6 Å². The fraction of sp³-hybridized carbons (Fsp3) is 0.148. The second-order valence-corrected chi connectivity index (χ2v) is 9.78. The molecule has 4 rings (SSSR count).